The number of hydrogen-bond acceptors (Lipinski definition) is 3. The highest BCUT2D eigenvalue weighted by Gasteiger charge is 2.17. The Morgan fingerprint density at radius 1 is 1.38 bits per heavy atom. The van der Waals surface area contributed by atoms with Crippen molar-refractivity contribution in [2.75, 3.05) is 13.7 Å². The Morgan fingerprint density at radius 2 is 2.06 bits per heavy atom. The lowest BCUT2D eigenvalue weighted by Crippen LogP contribution is -2.41. The first kappa shape index (κ1) is 13.0. The second-order valence-electron chi connectivity index (χ2n) is 4.96. The van der Waals surface area contributed by atoms with E-state index in [0.717, 1.165) is 11.3 Å². The summed E-state index contributed by atoms with van der Waals surface area (Å²) in [5.74, 6) is 0.867. The summed E-state index contributed by atoms with van der Waals surface area (Å²) in [4.78, 5) is 0. The van der Waals surface area contributed by atoms with E-state index < -0.39 is 0 Å². The molecule has 0 aromatic heterocycles. The molecule has 0 heterocycles. The minimum absolute atomic E-state index is 0.0487. The molecule has 16 heavy (non-hydrogen) atoms. The van der Waals surface area contributed by atoms with Crippen LogP contribution in [0.1, 0.15) is 32.4 Å². The fraction of sp³-hybridized carbons (Fsp3) is 0.538. The van der Waals surface area contributed by atoms with Crippen LogP contribution in [0.2, 0.25) is 0 Å². The summed E-state index contributed by atoms with van der Waals surface area (Å²) in [5, 5.41) is 3.49. The van der Waals surface area contributed by atoms with Gasteiger partial charge in [-0.3, -0.25) is 0 Å². The molecule has 0 bridgehead atoms. The van der Waals surface area contributed by atoms with Crippen molar-refractivity contribution in [2.45, 2.75) is 32.4 Å². The summed E-state index contributed by atoms with van der Waals surface area (Å²) in [6, 6.07) is 8.18. The largest absolute Gasteiger partial charge is 0.497 e. The number of nitrogens with two attached hydrogens (primary N) is 1. The van der Waals surface area contributed by atoms with Gasteiger partial charge in [-0.1, -0.05) is 12.1 Å². The number of rotatable bonds is 4. The molecule has 3 heteroatoms. The van der Waals surface area contributed by atoms with Gasteiger partial charge in [-0.25, -0.2) is 0 Å². The van der Waals surface area contributed by atoms with Crippen LogP contribution in [0.15, 0.2) is 24.3 Å². The lowest BCUT2D eigenvalue weighted by molar-refractivity contribution is 0.365. The van der Waals surface area contributed by atoms with E-state index in [1.807, 2.05) is 18.2 Å². The predicted molar refractivity (Wildman–Crippen MR) is 67.7 cm³/mol. The van der Waals surface area contributed by atoms with E-state index in [9.17, 15) is 0 Å². The summed E-state index contributed by atoms with van der Waals surface area (Å²) < 4.78 is 5.21. The molecule has 0 aliphatic heterocycles. The van der Waals surface area contributed by atoms with E-state index in [1.165, 1.54) is 0 Å². The first-order valence-corrected chi connectivity index (χ1v) is 5.58. The fourth-order valence-electron chi connectivity index (χ4n) is 1.66. The van der Waals surface area contributed by atoms with E-state index in [-0.39, 0.29) is 11.6 Å². The van der Waals surface area contributed by atoms with Crippen LogP contribution in [-0.2, 0) is 0 Å². The molecule has 1 unspecified atom stereocenters. The fourth-order valence-corrected chi connectivity index (χ4v) is 1.66. The Hall–Kier alpha value is -1.06. The Balaban J connectivity index is 2.86. The van der Waals surface area contributed by atoms with E-state index in [4.69, 9.17) is 10.5 Å². The molecule has 0 saturated carbocycles. The number of nitrogens with one attached hydrogen (secondary N) is 1. The SMILES string of the molecule is COc1cccc(C(CN)NC(C)(C)C)c1. The summed E-state index contributed by atoms with van der Waals surface area (Å²) in [6.07, 6.45) is 0. The highest BCUT2D eigenvalue weighted by Crippen LogP contribution is 2.20. The van der Waals surface area contributed by atoms with Gasteiger partial charge in [0.2, 0.25) is 0 Å². The van der Waals surface area contributed by atoms with Gasteiger partial charge in [0.25, 0.3) is 0 Å². The molecule has 0 spiro atoms. The van der Waals surface area contributed by atoms with Crippen molar-refractivity contribution >= 4 is 0 Å². The van der Waals surface area contributed by atoms with Crippen molar-refractivity contribution in [3.05, 3.63) is 29.8 Å². The molecule has 0 aliphatic rings. The standard InChI is InChI=1S/C13H22N2O/c1-13(2,3)15-12(9-14)10-6-5-7-11(8-10)16-4/h5-8,12,15H,9,14H2,1-4H3. The number of benzene rings is 1. The van der Waals surface area contributed by atoms with Crippen molar-refractivity contribution in [1.82, 2.24) is 5.32 Å². The molecule has 0 saturated heterocycles. The van der Waals surface area contributed by atoms with Gasteiger partial charge in [-0.05, 0) is 38.5 Å². The van der Waals surface area contributed by atoms with E-state index in [1.54, 1.807) is 7.11 Å². The maximum Gasteiger partial charge on any atom is 0.119 e. The van der Waals surface area contributed by atoms with Crippen LogP contribution < -0.4 is 15.8 Å². The Morgan fingerprint density at radius 3 is 2.56 bits per heavy atom. The number of hydrogen-bond donors (Lipinski definition) is 2. The van der Waals surface area contributed by atoms with Gasteiger partial charge < -0.3 is 15.8 Å². The zero-order chi connectivity index (χ0) is 12.2. The summed E-state index contributed by atoms with van der Waals surface area (Å²) >= 11 is 0. The third-order valence-electron chi connectivity index (χ3n) is 2.34. The smallest absolute Gasteiger partial charge is 0.119 e. The van der Waals surface area contributed by atoms with Crippen LogP contribution in [0.3, 0.4) is 0 Å². The Kier molecular flexibility index (Phi) is 4.33. The minimum Gasteiger partial charge on any atom is -0.497 e. The number of methoxy groups -OCH3 is 1. The Labute approximate surface area is 98.0 Å². The van der Waals surface area contributed by atoms with Gasteiger partial charge in [-0.15, -0.1) is 0 Å². The monoisotopic (exact) mass is 222 g/mol. The second-order valence-corrected chi connectivity index (χ2v) is 4.96. The van der Waals surface area contributed by atoms with Crippen molar-refractivity contribution < 1.29 is 4.74 Å². The van der Waals surface area contributed by atoms with Crippen LogP contribution in [0.5, 0.6) is 5.75 Å². The van der Waals surface area contributed by atoms with Gasteiger partial charge in [0, 0.05) is 18.1 Å². The number of ether oxygens (including phenoxy) is 1. The van der Waals surface area contributed by atoms with Gasteiger partial charge in [0.05, 0.1) is 7.11 Å². The van der Waals surface area contributed by atoms with Crippen LogP contribution in [0, 0.1) is 0 Å². The summed E-state index contributed by atoms with van der Waals surface area (Å²) in [6.45, 7) is 6.98. The zero-order valence-corrected chi connectivity index (χ0v) is 10.6. The molecular formula is C13H22N2O. The lowest BCUT2D eigenvalue weighted by atomic mass is 10.0. The zero-order valence-electron chi connectivity index (χ0n) is 10.6. The van der Waals surface area contributed by atoms with Crippen LogP contribution >= 0.6 is 0 Å². The quantitative estimate of drug-likeness (QED) is 0.820. The topological polar surface area (TPSA) is 47.3 Å². The lowest BCUT2D eigenvalue weighted by Gasteiger charge is -2.28. The average Bonchev–Trinajstić information content (AvgIpc) is 2.25. The molecule has 1 aromatic carbocycles. The minimum atomic E-state index is 0.0487. The van der Waals surface area contributed by atoms with E-state index in [2.05, 4.69) is 32.2 Å². The molecule has 90 valence electrons. The maximum atomic E-state index is 5.80. The highest BCUT2D eigenvalue weighted by atomic mass is 16.5. The first-order valence-electron chi connectivity index (χ1n) is 5.58. The van der Waals surface area contributed by atoms with E-state index in [0.29, 0.717) is 6.54 Å². The molecular weight excluding hydrogens is 200 g/mol. The second kappa shape index (κ2) is 5.32. The maximum absolute atomic E-state index is 5.80. The van der Waals surface area contributed by atoms with Gasteiger partial charge in [-0.2, -0.15) is 0 Å². The average molecular weight is 222 g/mol. The van der Waals surface area contributed by atoms with Crippen molar-refractivity contribution in [1.29, 1.82) is 0 Å². The first-order chi connectivity index (χ1) is 7.46. The summed E-state index contributed by atoms with van der Waals surface area (Å²) in [7, 11) is 1.67. The molecule has 0 amide bonds. The molecule has 1 aromatic rings. The van der Waals surface area contributed by atoms with Crippen LogP contribution in [0.25, 0.3) is 0 Å². The third-order valence-corrected chi connectivity index (χ3v) is 2.34. The molecule has 1 rings (SSSR count). The molecule has 3 nitrogen and oxygen atoms in total. The normalized spacial score (nSPS) is 13.6. The van der Waals surface area contributed by atoms with Crippen molar-refractivity contribution in [3.63, 3.8) is 0 Å². The molecule has 3 N–H and O–H groups in total. The van der Waals surface area contributed by atoms with Gasteiger partial charge in [0.1, 0.15) is 5.75 Å². The van der Waals surface area contributed by atoms with Crippen molar-refractivity contribution in [3.8, 4) is 5.75 Å². The van der Waals surface area contributed by atoms with Gasteiger partial charge in [0.15, 0.2) is 0 Å². The molecule has 0 aliphatic carbocycles. The highest BCUT2D eigenvalue weighted by molar-refractivity contribution is 5.30. The summed E-state index contributed by atoms with van der Waals surface area (Å²) in [5.41, 5.74) is 7.01. The van der Waals surface area contributed by atoms with Crippen LogP contribution in [0.4, 0.5) is 0 Å². The van der Waals surface area contributed by atoms with Crippen LogP contribution in [-0.4, -0.2) is 19.2 Å². The molecule has 0 fully saturated rings. The van der Waals surface area contributed by atoms with Gasteiger partial charge >= 0.3 is 0 Å². The van der Waals surface area contributed by atoms with Crippen molar-refractivity contribution in [2.24, 2.45) is 5.73 Å². The third kappa shape index (κ3) is 3.83. The molecule has 0 radical (unpaired) electrons. The predicted octanol–water partition coefficient (Wildman–Crippen LogP) is 2.08. The Bertz CT molecular complexity index is 331. The van der Waals surface area contributed by atoms with E-state index >= 15 is 0 Å². The molecule has 1 atom stereocenters.